The first-order chi connectivity index (χ1) is 10.8. The Balaban J connectivity index is 0.00000484. The first-order valence-electron chi connectivity index (χ1n) is 9.95. The van der Waals surface area contributed by atoms with E-state index in [2.05, 4.69) is 12.2 Å². The van der Waals surface area contributed by atoms with Gasteiger partial charge in [-0.15, -0.1) is 0 Å². The largest absolute Gasteiger partial charge is 1.00 e. The molecule has 1 atom stereocenters. The van der Waals surface area contributed by atoms with Gasteiger partial charge in [-0.3, -0.25) is 5.32 Å². The van der Waals surface area contributed by atoms with E-state index in [-0.39, 0.29) is 18.4 Å². The number of hydrogen-bond acceptors (Lipinski definition) is 2. The van der Waals surface area contributed by atoms with Crippen LogP contribution in [0.2, 0.25) is 0 Å². The van der Waals surface area contributed by atoms with E-state index in [0.717, 1.165) is 25.9 Å². The Morgan fingerprint density at radius 2 is 1.43 bits per heavy atom. The van der Waals surface area contributed by atoms with E-state index in [1.54, 1.807) is 0 Å². The first-order valence-corrected chi connectivity index (χ1v) is 9.95. The van der Waals surface area contributed by atoms with E-state index >= 15 is 0 Å². The highest BCUT2D eigenvalue weighted by Crippen LogP contribution is 2.11. The van der Waals surface area contributed by atoms with Crippen molar-refractivity contribution in [3.05, 3.63) is 0 Å². The number of hydrogen-bond donors (Lipinski definition) is 2. The minimum atomic E-state index is 0. The van der Waals surface area contributed by atoms with Gasteiger partial charge in [-0.25, -0.2) is 4.79 Å². The number of carbonyl (C=O) groups is 1. The number of carbonyl (C=O) groups excluding carboxylic acids is 1. The lowest BCUT2D eigenvalue weighted by Gasteiger charge is -2.06. The first kappa shape index (κ1) is 22.9. The van der Waals surface area contributed by atoms with Crippen molar-refractivity contribution >= 4 is 5.91 Å². The lowest BCUT2D eigenvalue weighted by atomic mass is 10.1. The van der Waals surface area contributed by atoms with Crippen LogP contribution in [-0.2, 0) is 4.79 Å². The van der Waals surface area contributed by atoms with Gasteiger partial charge in [0.05, 0.1) is 6.54 Å². The molecule has 23 heavy (non-hydrogen) atoms. The Kier molecular flexibility index (Phi) is 16.6. The topological polar surface area (TPSA) is 45.7 Å². The smallest absolute Gasteiger partial charge is 0.327 e. The van der Waals surface area contributed by atoms with E-state index in [4.69, 9.17) is 0 Å². The Hall–Kier alpha value is -0.120. The van der Waals surface area contributed by atoms with Crippen LogP contribution < -0.4 is 23.0 Å². The SMILES string of the molecule is CCCCCCCCCCCCCC[NH2+]C(=O)[C@@H]1CCCN1.[Cl-]. The van der Waals surface area contributed by atoms with Crippen LogP contribution in [0.25, 0.3) is 0 Å². The monoisotopic (exact) mass is 346 g/mol. The maximum atomic E-state index is 11.8. The van der Waals surface area contributed by atoms with Crippen molar-refractivity contribution in [1.82, 2.24) is 5.32 Å². The third kappa shape index (κ3) is 12.9. The predicted octanol–water partition coefficient (Wildman–Crippen LogP) is 0.534. The molecule has 1 rings (SSSR count). The highest BCUT2D eigenvalue weighted by atomic mass is 35.5. The van der Waals surface area contributed by atoms with Crippen molar-refractivity contribution in [2.75, 3.05) is 13.1 Å². The summed E-state index contributed by atoms with van der Waals surface area (Å²) in [7, 11) is 0. The summed E-state index contributed by atoms with van der Waals surface area (Å²) in [5.74, 6) is 0.334. The molecule has 1 fully saturated rings. The Bertz CT molecular complexity index is 268. The summed E-state index contributed by atoms with van der Waals surface area (Å²) in [6, 6.07) is 0.136. The Labute approximate surface area is 150 Å². The molecule has 1 aliphatic heterocycles. The lowest BCUT2D eigenvalue weighted by Crippen LogP contribution is -3.00. The molecule has 0 saturated carbocycles. The van der Waals surface area contributed by atoms with Crippen molar-refractivity contribution < 1.29 is 22.5 Å². The molecule has 0 radical (unpaired) electrons. The summed E-state index contributed by atoms with van der Waals surface area (Å²) in [4.78, 5) is 11.8. The van der Waals surface area contributed by atoms with E-state index in [0.29, 0.717) is 5.91 Å². The van der Waals surface area contributed by atoms with Crippen molar-refractivity contribution in [3.63, 3.8) is 0 Å². The fraction of sp³-hybridized carbons (Fsp3) is 0.947. The van der Waals surface area contributed by atoms with Gasteiger partial charge in [-0.2, -0.15) is 0 Å². The molecule has 0 bridgehead atoms. The van der Waals surface area contributed by atoms with Gasteiger partial charge in [-0.1, -0.05) is 71.1 Å². The van der Waals surface area contributed by atoms with Gasteiger partial charge >= 0.3 is 5.91 Å². The third-order valence-corrected chi connectivity index (χ3v) is 4.81. The molecule has 1 amide bonds. The van der Waals surface area contributed by atoms with Crippen LogP contribution in [0.5, 0.6) is 0 Å². The third-order valence-electron chi connectivity index (χ3n) is 4.81. The lowest BCUT2D eigenvalue weighted by molar-refractivity contribution is -0.570. The van der Waals surface area contributed by atoms with Crippen molar-refractivity contribution in [2.24, 2.45) is 0 Å². The normalized spacial score (nSPS) is 17.2. The van der Waals surface area contributed by atoms with Gasteiger partial charge in [0.25, 0.3) is 0 Å². The van der Waals surface area contributed by atoms with Gasteiger partial charge in [0, 0.05) is 0 Å². The zero-order valence-electron chi connectivity index (χ0n) is 15.3. The molecule has 0 aromatic heterocycles. The van der Waals surface area contributed by atoms with Gasteiger partial charge in [-0.05, 0) is 32.2 Å². The van der Waals surface area contributed by atoms with Crippen LogP contribution >= 0.6 is 0 Å². The zero-order chi connectivity index (χ0) is 15.9. The molecule has 3 nitrogen and oxygen atoms in total. The van der Waals surface area contributed by atoms with E-state index < -0.39 is 0 Å². The van der Waals surface area contributed by atoms with Gasteiger partial charge in [0.1, 0.15) is 6.04 Å². The molecule has 3 N–H and O–H groups in total. The molecule has 4 heteroatoms. The summed E-state index contributed by atoms with van der Waals surface area (Å²) in [5, 5.41) is 5.20. The minimum Gasteiger partial charge on any atom is -1.00 e. The summed E-state index contributed by atoms with van der Waals surface area (Å²) in [6.45, 7) is 4.27. The van der Waals surface area contributed by atoms with Crippen molar-refractivity contribution in [3.8, 4) is 0 Å². The van der Waals surface area contributed by atoms with Crippen LogP contribution in [0.15, 0.2) is 0 Å². The fourth-order valence-corrected chi connectivity index (χ4v) is 3.30. The minimum absolute atomic E-state index is 0. The second kappa shape index (κ2) is 16.7. The summed E-state index contributed by atoms with van der Waals surface area (Å²) >= 11 is 0. The van der Waals surface area contributed by atoms with Crippen molar-refractivity contribution in [2.45, 2.75) is 103 Å². The quantitative estimate of drug-likeness (QED) is 0.451. The van der Waals surface area contributed by atoms with Crippen LogP contribution in [0, 0.1) is 0 Å². The van der Waals surface area contributed by atoms with Crippen LogP contribution in [0.4, 0.5) is 0 Å². The molecule has 0 spiro atoms. The molecule has 1 saturated heterocycles. The average Bonchev–Trinajstić information content (AvgIpc) is 3.06. The summed E-state index contributed by atoms with van der Waals surface area (Å²) in [5.41, 5.74) is 0. The second-order valence-corrected chi connectivity index (χ2v) is 6.93. The highest BCUT2D eigenvalue weighted by Gasteiger charge is 2.24. The molecule has 1 heterocycles. The predicted molar refractivity (Wildman–Crippen MR) is 93.9 cm³/mol. The number of halogens is 1. The number of unbranched alkanes of at least 4 members (excludes halogenated alkanes) is 11. The van der Waals surface area contributed by atoms with E-state index in [1.165, 1.54) is 77.0 Å². The number of quaternary nitrogens is 1. The zero-order valence-corrected chi connectivity index (χ0v) is 16.0. The molecule has 0 aliphatic carbocycles. The number of rotatable bonds is 14. The number of nitrogens with two attached hydrogens (primary N) is 1. The molecule has 0 aromatic rings. The van der Waals surface area contributed by atoms with E-state index in [1.807, 2.05) is 5.32 Å². The van der Waals surface area contributed by atoms with Crippen LogP contribution in [0.3, 0.4) is 0 Å². The van der Waals surface area contributed by atoms with Crippen molar-refractivity contribution in [1.29, 1.82) is 0 Å². The fourth-order valence-electron chi connectivity index (χ4n) is 3.30. The van der Waals surface area contributed by atoms with Crippen LogP contribution in [-0.4, -0.2) is 25.0 Å². The number of nitrogens with one attached hydrogen (secondary N) is 1. The second-order valence-electron chi connectivity index (χ2n) is 6.93. The van der Waals surface area contributed by atoms with Gasteiger partial charge in [0.2, 0.25) is 0 Å². The Morgan fingerprint density at radius 1 is 0.913 bits per heavy atom. The number of primary amides is 1. The molecule has 0 unspecified atom stereocenters. The molecular formula is C19H39ClN2O. The number of amides is 1. The molecule has 0 aromatic carbocycles. The Morgan fingerprint density at radius 3 is 1.91 bits per heavy atom. The summed E-state index contributed by atoms with van der Waals surface area (Å²) < 4.78 is 0. The molecule has 1 aliphatic rings. The highest BCUT2D eigenvalue weighted by molar-refractivity contribution is 5.72. The van der Waals surface area contributed by atoms with Gasteiger partial charge < -0.3 is 17.7 Å². The maximum absolute atomic E-state index is 11.8. The summed E-state index contributed by atoms with van der Waals surface area (Å²) in [6.07, 6.45) is 18.7. The van der Waals surface area contributed by atoms with Crippen LogP contribution in [0.1, 0.15) is 96.8 Å². The van der Waals surface area contributed by atoms with E-state index in [9.17, 15) is 4.79 Å². The molecule has 138 valence electrons. The van der Waals surface area contributed by atoms with Gasteiger partial charge in [0.15, 0.2) is 0 Å². The standard InChI is InChI=1S/C19H38N2O.ClH/c1-2-3-4-5-6-7-8-9-10-11-12-13-16-21-19(22)18-15-14-17-20-18;/h18,20H,2-17H2,1H3,(H,21,22);1H/t18-;/m0./s1. The average molecular weight is 347 g/mol. The maximum Gasteiger partial charge on any atom is 0.327 e. The molecular weight excluding hydrogens is 308 g/mol.